The van der Waals surface area contributed by atoms with E-state index in [1.54, 1.807) is 0 Å². The number of benzene rings is 2. The van der Waals surface area contributed by atoms with Gasteiger partial charge in [0.15, 0.2) is 0 Å². The van der Waals surface area contributed by atoms with E-state index < -0.39 is 11.4 Å². The van der Waals surface area contributed by atoms with E-state index in [1.807, 2.05) is 81.4 Å². The predicted octanol–water partition coefficient (Wildman–Crippen LogP) is 4.62. The Morgan fingerprint density at radius 3 is 1.48 bits per heavy atom. The lowest BCUT2D eigenvalue weighted by atomic mass is 9.79. The van der Waals surface area contributed by atoms with Crippen LogP contribution in [-0.4, -0.2) is 11.1 Å². The van der Waals surface area contributed by atoms with Crippen LogP contribution in [0.5, 0.6) is 0 Å². The fourth-order valence-corrected chi connectivity index (χ4v) is 2.47. The van der Waals surface area contributed by atoms with Crippen LogP contribution in [0.1, 0.15) is 31.9 Å². The lowest BCUT2D eigenvalue weighted by Crippen LogP contribution is -2.20. The van der Waals surface area contributed by atoms with E-state index in [0.717, 1.165) is 16.7 Å². The summed E-state index contributed by atoms with van der Waals surface area (Å²) in [5, 5.41) is 9.74. The van der Waals surface area contributed by atoms with Crippen LogP contribution in [-0.2, 0) is 4.79 Å². The van der Waals surface area contributed by atoms with Crippen LogP contribution in [0.3, 0.4) is 0 Å². The van der Waals surface area contributed by atoms with E-state index in [4.69, 9.17) is 0 Å². The molecule has 0 amide bonds. The molecule has 0 atom stereocenters. The maximum atomic E-state index is 11.9. The van der Waals surface area contributed by atoms with Gasteiger partial charge in [0.25, 0.3) is 0 Å². The molecule has 2 nitrogen and oxygen atoms in total. The van der Waals surface area contributed by atoms with Gasteiger partial charge in [-0.05, 0) is 22.1 Å². The minimum atomic E-state index is -0.870. The maximum Gasteiger partial charge on any atom is 0.332 e. The quantitative estimate of drug-likeness (QED) is 0.833. The zero-order valence-electron chi connectivity index (χ0n) is 12.6. The Labute approximate surface area is 125 Å². The van der Waals surface area contributed by atoms with Gasteiger partial charge < -0.3 is 5.11 Å². The van der Waals surface area contributed by atoms with E-state index >= 15 is 0 Å². The van der Waals surface area contributed by atoms with Gasteiger partial charge in [-0.25, -0.2) is 4.79 Å². The normalized spacial score (nSPS) is 11.0. The SMILES string of the molecule is CC(C)(C)C(C(=O)O)=C(c1ccccc1)c1ccccc1. The maximum absolute atomic E-state index is 11.9. The lowest BCUT2D eigenvalue weighted by molar-refractivity contribution is -0.133. The summed E-state index contributed by atoms with van der Waals surface area (Å²) in [6, 6.07) is 19.4. The van der Waals surface area contributed by atoms with Gasteiger partial charge in [0.1, 0.15) is 0 Å². The first-order valence-corrected chi connectivity index (χ1v) is 7.00. The molecule has 0 radical (unpaired) electrons. The molecular formula is C19H20O2. The minimum absolute atomic E-state index is 0.430. The summed E-state index contributed by atoms with van der Waals surface area (Å²) in [5.74, 6) is -0.870. The van der Waals surface area contributed by atoms with Gasteiger partial charge in [-0.1, -0.05) is 81.4 Å². The van der Waals surface area contributed by atoms with Crippen molar-refractivity contribution in [2.75, 3.05) is 0 Å². The first kappa shape index (κ1) is 15.0. The van der Waals surface area contributed by atoms with Gasteiger partial charge in [-0.2, -0.15) is 0 Å². The monoisotopic (exact) mass is 280 g/mol. The van der Waals surface area contributed by atoms with E-state index in [9.17, 15) is 9.90 Å². The molecule has 0 aliphatic heterocycles. The molecule has 0 aliphatic rings. The number of aliphatic carboxylic acids is 1. The van der Waals surface area contributed by atoms with Crippen molar-refractivity contribution in [1.29, 1.82) is 0 Å². The molecule has 0 saturated heterocycles. The summed E-state index contributed by atoms with van der Waals surface area (Å²) in [6.07, 6.45) is 0. The molecule has 0 spiro atoms. The van der Waals surface area contributed by atoms with Crippen molar-refractivity contribution in [3.05, 3.63) is 77.4 Å². The number of carboxylic acids is 1. The highest BCUT2D eigenvalue weighted by Crippen LogP contribution is 2.36. The molecule has 0 heterocycles. The third-order valence-electron chi connectivity index (χ3n) is 3.34. The van der Waals surface area contributed by atoms with Crippen molar-refractivity contribution in [3.63, 3.8) is 0 Å². The third-order valence-corrected chi connectivity index (χ3v) is 3.34. The summed E-state index contributed by atoms with van der Waals surface area (Å²) in [7, 11) is 0. The van der Waals surface area contributed by atoms with E-state index in [0.29, 0.717) is 5.57 Å². The summed E-state index contributed by atoms with van der Waals surface area (Å²) < 4.78 is 0. The van der Waals surface area contributed by atoms with E-state index in [2.05, 4.69) is 0 Å². The summed E-state index contributed by atoms with van der Waals surface area (Å²) in [6.45, 7) is 5.80. The second kappa shape index (κ2) is 5.96. The van der Waals surface area contributed by atoms with Gasteiger partial charge in [0.2, 0.25) is 0 Å². The summed E-state index contributed by atoms with van der Waals surface area (Å²) >= 11 is 0. The topological polar surface area (TPSA) is 37.3 Å². The first-order chi connectivity index (χ1) is 9.91. The smallest absolute Gasteiger partial charge is 0.332 e. The second-order valence-electron chi connectivity index (χ2n) is 6.04. The van der Waals surface area contributed by atoms with Crippen LogP contribution in [0, 0.1) is 5.41 Å². The van der Waals surface area contributed by atoms with Crippen LogP contribution >= 0.6 is 0 Å². The molecule has 2 aromatic carbocycles. The molecule has 1 N–H and O–H groups in total. The highest BCUT2D eigenvalue weighted by molar-refractivity contribution is 6.01. The van der Waals surface area contributed by atoms with Gasteiger partial charge in [0.05, 0.1) is 5.57 Å². The largest absolute Gasteiger partial charge is 0.478 e. The van der Waals surface area contributed by atoms with Gasteiger partial charge in [0, 0.05) is 0 Å². The Bertz CT molecular complexity index is 605. The van der Waals surface area contributed by atoms with E-state index in [-0.39, 0.29) is 0 Å². The zero-order valence-corrected chi connectivity index (χ0v) is 12.6. The van der Waals surface area contributed by atoms with Crippen molar-refractivity contribution in [2.45, 2.75) is 20.8 Å². The molecular weight excluding hydrogens is 260 g/mol. The number of hydrogen-bond acceptors (Lipinski definition) is 1. The molecule has 2 rings (SSSR count). The van der Waals surface area contributed by atoms with Crippen molar-refractivity contribution in [1.82, 2.24) is 0 Å². The van der Waals surface area contributed by atoms with Crippen molar-refractivity contribution >= 4 is 11.5 Å². The number of hydrogen-bond donors (Lipinski definition) is 1. The fourth-order valence-electron chi connectivity index (χ4n) is 2.47. The van der Waals surface area contributed by atoms with E-state index in [1.165, 1.54) is 0 Å². The molecule has 0 aliphatic carbocycles. The molecule has 0 fully saturated rings. The van der Waals surface area contributed by atoms with Gasteiger partial charge in [-0.15, -0.1) is 0 Å². The molecule has 21 heavy (non-hydrogen) atoms. The average Bonchev–Trinajstić information content (AvgIpc) is 2.44. The fraction of sp³-hybridized carbons (Fsp3) is 0.211. The van der Waals surface area contributed by atoms with Crippen LogP contribution in [0.2, 0.25) is 0 Å². The minimum Gasteiger partial charge on any atom is -0.478 e. The van der Waals surface area contributed by atoms with Crippen molar-refractivity contribution in [3.8, 4) is 0 Å². The molecule has 0 unspecified atom stereocenters. The molecule has 0 aromatic heterocycles. The van der Waals surface area contributed by atoms with Crippen LogP contribution in [0.25, 0.3) is 5.57 Å². The first-order valence-electron chi connectivity index (χ1n) is 7.00. The van der Waals surface area contributed by atoms with Gasteiger partial charge >= 0.3 is 5.97 Å². The Balaban J connectivity index is 2.81. The molecule has 108 valence electrons. The van der Waals surface area contributed by atoms with Crippen LogP contribution < -0.4 is 0 Å². The Hall–Kier alpha value is -2.35. The third kappa shape index (κ3) is 3.40. The zero-order chi connectivity index (χ0) is 15.5. The van der Waals surface area contributed by atoms with Crippen LogP contribution in [0.15, 0.2) is 66.2 Å². The second-order valence-corrected chi connectivity index (χ2v) is 6.04. The van der Waals surface area contributed by atoms with Crippen molar-refractivity contribution in [2.24, 2.45) is 5.41 Å². The molecule has 2 aromatic rings. The highest BCUT2D eigenvalue weighted by atomic mass is 16.4. The number of carboxylic acid groups (broad SMARTS) is 1. The predicted molar refractivity (Wildman–Crippen MR) is 86.0 cm³/mol. The lowest BCUT2D eigenvalue weighted by Gasteiger charge is -2.24. The Kier molecular flexibility index (Phi) is 4.27. The Morgan fingerprint density at radius 1 is 0.810 bits per heavy atom. The number of rotatable bonds is 3. The summed E-state index contributed by atoms with van der Waals surface area (Å²) in [5.41, 5.74) is 2.62. The van der Waals surface area contributed by atoms with Gasteiger partial charge in [-0.3, -0.25) is 0 Å². The highest BCUT2D eigenvalue weighted by Gasteiger charge is 2.28. The molecule has 0 saturated carbocycles. The standard InChI is InChI=1S/C19H20O2/c1-19(2,3)17(18(20)21)16(14-10-6-4-7-11-14)15-12-8-5-9-13-15/h4-13H,1-3H3,(H,20,21). The average molecular weight is 280 g/mol. The molecule has 0 bridgehead atoms. The Morgan fingerprint density at radius 2 is 1.19 bits per heavy atom. The van der Waals surface area contributed by atoms with Crippen LogP contribution in [0.4, 0.5) is 0 Å². The number of carbonyl (C=O) groups is 1. The molecule has 2 heteroatoms. The van der Waals surface area contributed by atoms with Crippen molar-refractivity contribution < 1.29 is 9.90 Å². The summed E-state index contributed by atoms with van der Waals surface area (Å²) in [4.78, 5) is 11.9.